The van der Waals surface area contributed by atoms with Gasteiger partial charge in [0.2, 0.25) is 0 Å². The van der Waals surface area contributed by atoms with Crippen molar-refractivity contribution in [1.29, 1.82) is 0 Å². The third-order valence-corrected chi connectivity index (χ3v) is 7.58. The van der Waals surface area contributed by atoms with Crippen molar-refractivity contribution in [3.63, 3.8) is 0 Å². The monoisotopic (exact) mass is 400 g/mol. The topological polar surface area (TPSA) is 44.1 Å². The predicted octanol–water partition coefficient (Wildman–Crippen LogP) is 4.95. The van der Waals surface area contributed by atoms with Gasteiger partial charge in [-0.3, -0.25) is 9.36 Å². The third kappa shape index (κ3) is 3.35. The Hall–Kier alpha value is -1.63. The molecular weight excluding hydrogens is 376 g/mol. The molecule has 0 aliphatic carbocycles. The van der Waals surface area contributed by atoms with Gasteiger partial charge in [-0.25, -0.2) is 4.98 Å². The van der Waals surface area contributed by atoms with Gasteiger partial charge in [-0.2, -0.15) is 0 Å². The number of thiophene rings is 1. The maximum Gasteiger partial charge on any atom is 0.267 e. The molecule has 1 aliphatic rings. The Bertz CT molecular complexity index is 1060. The molecule has 142 valence electrons. The Morgan fingerprint density at radius 3 is 2.81 bits per heavy atom. The first kappa shape index (κ1) is 18.7. The molecule has 0 amide bonds. The summed E-state index contributed by atoms with van der Waals surface area (Å²) in [7, 11) is 0. The lowest BCUT2D eigenvalue weighted by Gasteiger charge is -2.16. The van der Waals surface area contributed by atoms with Crippen molar-refractivity contribution in [2.45, 2.75) is 51.8 Å². The van der Waals surface area contributed by atoms with Crippen LogP contribution in [0.2, 0.25) is 0 Å². The quantitative estimate of drug-likeness (QED) is 0.459. The van der Waals surface area contributed by atoms with Crippen LogP contribution in [0, 0.1) is 27.7 Å². The van der Waals surface area contributed by atoms with E-state index in [4.69, 9.17) is 9.72 Å². The van der Waals surface area contributed by atoms with Gasteiger partial charge in [0.1, 0.15) is 4.83 Å². The summed E-state index contributed by atoms with van der Waals surface area (Å²) in [4.78, 5) is 20.4. The molecule has 6 heteroatoms. The Morgan fingerprint density at radius 2 is 2.07 bits per heavy atom. The Labute approximate surface area is 167 Å². The van der Waals surface area contributed by atoms with Gasteiger partial charge in [0, 0.05) is 17.2 Å². The number of aryl methyl sites for hydroxylation is 3. The van der Waals surface area contributed by atoms with Gasteiger partial charge >= 0.3 is 0 Å². The fraction of sp³-hybridized carbons (Fsp3) is 0.429. The number of ether oxygens (including phenoxy) is 1. The van der Waals surface area contributed by atoms with Gasteiger partial charge in [0.15, 0.2) is 5.16 Å². The maximum atomic E-state index is 13.5. The summed E-state index contributed by atoms with van der Waals surface area (Å²) in [5.74, 6) is 0.826. The number of aromatic nitrogens is 2. The lowest BCUT2D eigenvalue weighted by atomic mass is 10.1. The summed E-state index contributed by atoms with van der Waals surface area (Å²) in [6, 6.07) is 6.10. The van der Waals surface area contributed by atoms with Crippen LogP contribution in [0.3, 0.4) is 0 Å². The van der Waals surface area contributed by atoms with Crippen molar-refractivity contribution in [3.8, 4) is 5.69 Å². The second kappa shape index (κ2) is 7.41. The summed E-state index contributed by atoms with van der Waals surface area (Å²) < 4.78 is 7.58. The molecule has 0 unspecified atom stereocenters. The molecule has 1 saturated heterocycles. The van der Waals surface area contributed by atoms with Gasteiger partial charge in [-0.15, -0.1) is 11.3 Å². The molecule has 27 heavy (non-hydrogen) atoms. The van der Waals surface area contributed by atoms with E-state index >= 15 is 0 Å². The van der Waals surface area contributed by atoms with Crippen molar-refractivity contribution in [3.05, 3.63) is 50.1 Å². The Morgan fingerprint density at radius 1 is 1.26 bits per heavy atom. The normalized spacial score (nSPS) is 17.1. The minimum atomic E-state index is 0.0328. The molecular formula is C21H24N2O2S2. The first-order valence-corrected chi connectivity index (χ1v) is 11.1. The van der Waals surface area contributed by atoms with Crippen LogP contribution in [0.4, 0.5) is 0 Å². The Kier molecular flexibility index (Phi) is 5.14. The molecule has 1 aliphatic heterocycles. The van der Waals surface area contributed by atoms with Crippen LogP contribution in [0.1, 0.15) is 34.4 Å². The zero-order chi connectivity index (χ0) is 19.1. The molecule has 1 atom stereocenters. The minimum absolute atomic E-state index is 0.0328. The van der Waals surface area contributed by atoms with Crippen LogP contribution in [0.25, 0.3) is 15.9 Å². The Balaban J connectivity index is 1.91. The van der Waals surface area contributed by atoms with Crippen LogP contribution in [0.15, 0.2) is 28.2 Å². The highest BCUT2D eigenvalue weighted by Crippen LogP contribution is 2.31. The largest absolute Gasteiger partial charge is 0.377 e. The molecule has 0 N–H and O–H groups in total. The van der Waals surface area contributed by atoms with E-state index in [1.165, 1.54) is 5.56 Å². The van der Waals surface area contributed by atoms with Crippen molar-refractivity contribution in [2.24, 2.45) is 0 Å². The molecule has 1 aromatic carbocycles. The van der Waals surface area contributed by atoms with Crippen molar-refractivity contribution in [2.75, 3.05) is 12.4 Å². The number of benzene rings is 1. The van der Waals surface area contributed by atoms with Crippen molar-refractivity contribution < 1.29 is 4.74 Å². The van der Waals surface area contributed by atoms with E-state index in [1.807, 2.05) is 23.6 Å². The van der Waals surface area contributed by atoms with Crippen LogP contribution in [-0.2, 0) is 4.74 Å². The van der Waals surface area contributed by atoms with E-state index in [0.717, 1.165) is 62.3 Å². The fourth-order valence-electron chi connectivity index (χ4n) is 3.51. The number of hydrogen-bond acceptors (Lipinski definition) is 5. The average Bonchev–Trinajstić information content (AvgIpc) is 3.25. The van der Waals surface area contributed by atoms with Crippen LogP contribution < -0.4 is 5.56 Å². The van der Waals surface area contributed by atoms with E-state index in [1.54, 1.807) is 23.1 Å². The first-order valence-electron chi connectivity index (χ1n) is 9.31. The molecule has 0 bridgehead atoms. The number of rotatable bonds is 4. The number of hydrogen-bond donors (Lipinski definition) is 0. The van der Waals surface area contributed by atoms with E-state index in [0.29, 0.717) is 0 Å². The lowest BCUT2D eigenvalue weighted by Crippen LogP contribution is -2.23. The van der Waals surface area contributed by atoms with E-state index in [9.17, 15) is 4.79 Å². The molecule has 1 fully saturated rings. The highest BCUT2D eigenvalue weighted by molar-refractivity contribution is 7.99. The van der Waals surface area contributed by atoms with Crippen molar-refractivity contribution >= 4 is 33.3 Å². The maximum absolute atomic E-state index is 13.5. The summed E-state index contributed by atoms with van der Waals surface area (Å²) in [6.07, 6.45) is 2.45. The summed E-state index contributed by atoms with van der Waals surface area (Å²) >= 11 is 3.24. The molecule has 0 radical (unpaired) electrons. The molecule has 2 aromatic heterocycles. The molecule has 4 nitrogen and oxygen atoms in total. The first-order chi connectivity index (χ1) is 13.0. The predicted molar refractivity (Wildman–Crippen MR) is 114 cm³/mol. The van der Waals surface area contributed by atoms with Gasteiger partial charge in [0.05, 0.1) is 17.2 Å². The average molecular weight is 401 g/mol. The SMILES string of the molecule is Cc1cccc(-n2c(SC[C@H]3CCCO3)nc3sc(C)c(C)c3c2=O)c1C. The fourth-order valence-corrected chi connectivity index (χ4v) is 5.65. The van der Waals surface area contributed by atoms with Crippen LogP contribution in [0.5, 0.6) is 0 Å². The third-order valence-electron chi connectivity index (χ3n) is 5.41. The van der Waals surface area contributed by atoms with Crippen LogP contribution >= 0.6 is 23.1 Å². The zero-order valence-corrected chi connectivity index (χ0v) is 17.8. The van der Waals surface area contributed by atoms with Gasteiger partial charge in [-0.1, -0.05) is 23.9 Å². The lowest BCUT2D eigenvalue weighted by molar-refractivity contribution is 0.129. The molecule has 0 saturated carbocycles. The van der Waals surface area contributed by atoms with E-state index in [2.05, 4.69) is 26.8 Å². The summed E-state index contributed by atoms with van der Waals surface area (Å²) in [5, 5.41) is 1.51. The molecule has 0 spiro atoms. The van der Waals surface area contributed by atoms with Gasteiger partial charge in [0.25, 0.3) is 5.56 Å². The van der Waals surface area contributed by atoms with Crippen molar-refractivity contribution in [1.82, 2.24) is 9.55 Å². The molecule has 3 heterocycles. The summed E-state index contributed by atoms with van der Waals surface area (Å²) in [5.41, 5.74) is 4.29. The van der Waals surface area contributed by atoms with E-state index in [-0.39, 0.29) is 11.7 Å². The highest BCUT2D eigenvalue weighted by Gasteiger charge is 2.22. The van der Waals surface area contributed by atoms with Crippen LogP contribution in [-0.4, -0.2) is 28.0 Å². The number of fused-ring (bicyclic) bond motifs is 1. The van der Waals surface area contributed by atoms with Gasteiger partial charge < -0.3 is 4.74 Å². The highest BCUT2D eigenvalue weighted by atomic mass is 32.2. The second-order valence-corrected chi connectivity index (χ2v) is 9.35. The smallest absolute Gasteiger partial charge is 0.267 e. The molecule has 4 rings (SSSR count). The second-order valence-electron chi connectivity index (χ2n) is 7.16. The number of thioether (sulfide) groups is 1. The molecule has 3 aromatic rings. The van der Waals surface area contributed by atoms with Gasteiger partial charge in [-0.05, 0) is 63.3 Å². The standard InChI is InChI=1S/C21H24N2O2S2/c1-12-7-5-9-17(13(12)2)23-20(24)18-14(3)15(4)27-19(18)22-21(23)26-11-16-8-6-10-25-16/h5,7,9,16H,6,8,10-11H2,1-4H3/t16-/m1/s1. The summed E-state index contributed by atoms with van der Waals surface area (Å²) in [6.45, 7) is 9.06. The van der Waals surface area contributed by atoms with E-state index < -0.39 is 0 Å². The zero-order valence-electron chi connectivity index (χ0n) is 16.2. The minimum Gasteiger partial charge on any atom is -0.377 e. The number of nitrogens with zero attached hydrogens (tertiary/aromatic N) is 2.